The number of rotatable bonds is 0. The van der Waals surface area contributed by atoms with E-state index in [0.717, 1.165) is 12.8 Å². The van der Waals surface area contributed by atoms with Crippen molar-refractivity contribution in [2.24, 2.45) is 11.8 Å². The number of carbonyl (C=O) groups excluding carboxylic acids is 1. The molecule has 2 rings (SSSR count). The summed E-state index contributed by atoms with van der Waals surface area (Å²) in [6, 6.07) is 0. The van der Waals surface area contributed by atoms with Gasteiger partial charge >= 0.3 is 0 Å². The lowest BCUT2D eigenvalue weighted by Crippen LogP contribution is -2.21. The van der Waals surface area contributed by atoms with Crippen LogP contribution in [0.3, 0.4) is 0 Å². The van der Waals surface area contributed by atoms with Gasteiger partial charge in [0.1, 0.15) is 5.78 Å². The van der Waals surface area contributed by atoms with Gasteiger partial charge < -0.3 is 0 Å². The second-order valence-corrected chi connectivity index (χ2v) is 4.06. The lowest BCUT2D eigenvalue weighted by Gasteiger charge is -2.12. The lowest BCUT2D eigenvalue weighted by atomic mass is 10.00. The van der Waals surface area contributed by atoms with Crippen LogP contribution >= 0.6 is 15.9 Å². The van der Waals surface area contributed by atoms with Crippen LogP contribution in [-0.2, 0) is 4.79 Å². The predicted octanol–water partition coefficient (Wildman–Crippen LogP) is 1.75. The predicted molar refractivity (Wildman–Crippen MR) is 38.6 cm³/mol. The summed E-state index contributed by atoms with van der Waals surface area (Å²) in [4.78, 5) is 11.3. The molecule has 0 amide bonds. The number of alkyl halides is 1. The third-order valence-corrected chi connectivity index (χ3v) is 3.76. The fraction of sp³-hybridized carbons (Fsp3) is 0.857. The number of fused-ring (bicyclic) bond motifs is 2. The Labute approximate surface area is 62.9 Å². The summed E-state index contributed by atoms with van der Waals surface area (Å²) in [7, 11) is 0. The van der Waals surface area contributed by atoms with E-state index in [2.05, 4.69) is 15.9 Å². The van der Waals surface area contributed by atoms with Crippen LogP contribution in [0, 0.1) is 11.8 Å². The van der Waals surface area contributed by atoms with E-state index in [-0.39, 0.29) is 4.83 Å². The van der Waals surface area contributed by atoms with Crippen molar-refractivity contribution in [2.45, 2.75) is 24.1 Å². The SMILES string of the molecule is O=C1[C@@H]2CC[C@@H](C2)[C@@H]1Br. The highest BCUT2D eigenvalue weighted by atomic mass is 79.9. The first kappa shape index (κ1) is 5.90. The first-order chi connectivity index (χ1) is 4.29. The van der Waals surface area contributed by atoms with Crippen LogP contribution in [0.4, 0.5) is 0 Å². The second-order valence-electron chi connectivity index (χ2n) is 3.07. The molecule has 9 heavy (non-hydrogen) atoms. The Bertz CT molecular complexity index is 151. The Morgan fingerprint density at radius 2 is 2.22 bits per heavy atom. The molecule has 0 aromatic heterocycles. The zero-order valence-corrected chi connectivity index (χ0v) is 6.73. The van der Waals surface area contributed by atoms with Crippen LogP contribution in [0.2, 0.25) is 0 Å². The number of halogens is 1. The Morgan fingerprint density at radius 3 is 2.56 bits per heavy atom. The van der Waals surface area contributed by atoms with Crippen LogP contribution in [0.1, 0.15) is 19.3 Å². The highest BCUT2D eigenvalue weighted by Crippen LogP contribution is 2.45. The zero-order chi connectivity index (χ0) is 6.43. The third kappa shape index (κ3) is 0.689. The standard InChI is InChI=1S/C7H9BrO/c8-6-4-1-2-5(3-4)7(6)9/h4-6H,1-3H2/t4-,5+,6-/m0/s1. The van der Waals surface area contributed by atoms with E-state index < -0.39 is 0 Å². The van der Waals surface area contributed by atoms with Gasteiger partial charge in [0, 0.05) is 5.92 Å². The van der Waals surface area contributed by atoms with Gasteiger partial charge in [-0.1, -0.05) is 15.9 Å². The van der Waals surface area contributed by atoms with Crippen molar-refractivity contribution in [1.82, 2.24) is 0 Å². The normalized spacial score (nSPS) is 48.6. The van der Waals surface area contributed by atoms with Gasteiger partial charge in [-0.15, -0.1) is 0 Å². The molecule has 0 heterocycles. The van der Waals surface area contributed by atoms with E-state index in [1.165, 1.54) is 6.42 Å². The smallest absolute Gasteiger partial charge is 0.149 e. The number of hydrogen-bond donors (Lipinski definition) is 0. The van der Waals surface area contributed by atoms with Gasteiger partial charge in [-0.05, 0) is 25.2 Å². The Hall–Kier alpha value is 0.150. The van der Waals surface area contributed by atoms with E-state index in [0.29, 0.717) is 17.6 Å². The molecule has 1 nitrogen and oxygen atoms in total. The summed E-state index contributed by atoms with van der Waals surface area (Å²) >= 11 is 3.41. The maximum atomic E-state index is 11.1. The molecule has 2 aliphatic rings. The number of carbonyl (C=O) groups is 1. The summed E-state index contributed by atoms with van der Waals surface area (Å²) in [6.07, 6.45) is 3.59. The molecule has 0 aromatic rings. The molecular weight excluding hydrogens is 180 g/mol. The molecule has 2 bridgehead atoms. The summed E-state index contributed by atoms with van der Waals surface area (Å²) in [6.45, 7) is 0. The monoisotopic (exact) mass is 188 g/mol. The lowest BCUT2D eigenvalue weighted by molar-refractivity contribution is -0.121. The van der Waals surface area contributed by atoms with E-state index in [1.54, 1.807) is 0 Å². The van der Waals surface area contributed by atoms with Gasteiger partial charge in [-0.3, -0.25) is 4.79 Å². The minimum Gasteiger partial charge on any atom is -0.298 e. The summed E-state index contributed by atoms with van der Waals surface area (Å²) in [5, 5.41) is 0. The van der Waals surface area contributed by atoms with E-state index in [9.17, 15) is 4.79 Å². The van der Waals surface area contributed by atoms with Crippen LogP contribution in [0.15, 0.2) is 0 Å². The van der Waals surface area contributed by atoms with Gasteiger partial charge in [0.25, 0.3) is 0 Å². The molecular formula is C7H9BrO. The van der Waals surface area contributed by atoms with Crippen molar-refractivity contribution in [3.05, 3.63) is 0 Å². The van der Waals surface area contributed by atoms with Crippen LogP contribution < -0.4 is 0 Å². The summed E-state index contributed by atoms with van der Waals surface area (Å²) in [5.41, 5.74) is 0. The van der Waals surface area contributed by atoms with E-state index in [4.69, 9.17) is 0 Å². The average molecular weight is 189 g/mol. The molecule has 0 saturated heterocycles. The average Bonchev–Trinajstić information content (AvgIpc) is 2.37. The number of ketones is 1. The maximum Gasteiger partial charge on any atom is 0.149 e. The molecule has 0 N–H and O–H groups in total. The highest BCUT2D eigenvalue weighted by molar-refractivity contribution is 9.10. The van der Waals surface area contributed by atoms with Crippen LogP contribution in [0.5, 0.6) is 0 Å². The topological polar surface area (TPSA) is 17.1 Å². The largest absolute Gasteiger partial charge is 0.298 e. The van der Waals surface area contributed by atoms with Crippen molar-refractivity contribution >= 4 is 21.7 Å². The molecule has 2 saturated carbocycles. The van der Waals surface area contributed by atoms with Gasteiger partial charge in [0.2, 0.25) is 0 Å². The molecule has 50 valence electrons. The van der Waals surface area contributed by atoms with E-state index in [1.807, 2.05) is 0 Å². The van der Waals surface area contributed by atoms with Crippen LogP contribution in [-0.4, -0.2) is 10.6 Å². The molecule has 2 aliphatic carbocycles. The van der Waals surface area contributed by atoms with Crippen LogP contribution in [0.25, 0.3) is 0 Å². The van der Waals surface area contributed by atoms with Crippen molar-refractivity contribution in [2.75, 3.05) is 0 Å². The molecule has 0 spiro atoms. The first-order valence-electron chi connectivity index (χ1n) is 3.47. The summed E-state index contributed by atoms with van der Waals surface area (Å²) in [5.74, 6) is 1.58. The molecule has 0 unspecified atom stereocenters. The minimum absolute atomic E-state index is 0.219. The fourth-order valence-electron chi connectivity index (χ4n) is 2.00. The van der Waals surface area contributed by atoms with Gasteiger partial charge in [0.05, 0.1) is 4.83 Å². The molecule has 0 aromatic carbocycles. The minimum atomic E-state index is 0.219. The third-order valence-electron chi connectivity index (χ3n) is 2.56. The van der Waals surface area contributed by atoms with Crippen molar-refractivity contribution in [1.29, 1.82) is 0 Å². The Balaban J connectivity index is 2.25. The maximum absolute atomic E-state index is 11.1. The van der Waals surface area contributed by atoms with Gasteiger partial charge in [-0.2, -0.15) is 0 Å². The second kappa shape index (κ2) is 1.82. The highest BCUT2D eigenvalue weighted by Gasteiger charge is 2.45. The summed E-state index contributed by atoms with van der Waals surface area (Å²) < 4.78 is 0. The van der Waals surface area contributed by atoms with Crippen molar-refractivity contribution in [3.63, 3.8) is 0 Å². The van der Waals surface area contributed by atoms with Crippen molar-refractivity contribution < 1.29 is 4.79 Å². The Kier molecular flexibility index (Phi) is 1.19. The zero-order valence-electron chi connectivity index (χ0n) is 5.14. The number of Topliss-reactive ketones (excluding diaryl/α,β-unsaturated/α-hetero) is 1. The first-order valence-corrected chi connectivity index (χ1v) is 4.38. The molecule has 2 heteroatoms. The fourth-order valence-corrected chi connectivity index (χ4v) is 2.85. The molecule has 0 aliphatic heterocycles. The van der Waals surface area contributed by atoms with Crippen molar-refractivity contribution in [3.8, 4) is 0 Å². The molecule has 3 atom stereocenters. The molecule has 2 fully saturated rings. The Morgan fingerprint density at radius 1 is 1.44 bits per heavy atom. The molecule has 0 radical (unpaired) electrons. The van der Waals surface area contributed by atoms with E-state index >= 15 is 0 Å². The van der Waals surface area contributed by atoms with Gasteiger partial charge in [-0.25, -0.2) is 0 Å². The van der Waals surface area contributed by atoms with Gasteiger partial charge in [0.15, 0.2) is 0 Å². The quantitative estimate of drug-likeness (QED) is 0.530. The number of hydrogen-bond acceptors (Lipinski definition) is 1.